The molecule has 54 valence electrons. The zero-order chi connectivity index (χ0) is 6.85. The van der Waals surface area contributed by atoms with Gasteiger partial charge in [0.2, 0.25) is 0 Å². The Morgan fingerprint density at radius 3 is 2.67 bits per heavy atom. The highest BCUT2D eigenvalue weighted by molar-refractivity contribution is 7.79. The third-order valence-electron chi connectivity index (χ3n) is 1.71. The zero-order valence-electron chi connectivity index (χ0n) is 5.54. The summed E-state index contributed by atoms with van der Waals surface area (Å²) in [5.74, 6) is 0.760. The average Bonchev–Trinajstić information content (AvgIpc) is 2.50. The third-order valence-corrected chi connectivity index (χ3v) is 2.59. The first-order valence-corrected chi connectivity index (χ1v) is 4.47. The second-order valence-corrected chi connectivity index (χ2v) is 4.12. The van der Waals surface area contributed by atoms with E-state index in [9.17, 15) is 4.21 Å². The summed E-state index contributed by atoms with van der Waals surface area (Å²) in [6, 6.07) is 0. The van der Waals surface area contributed by atoms with E-state index in [1.54, 1.807) is 0 Å². The van der Waals surface area contributed by atoms with Crippen LogP contribution in [0, 0.1) is 5.92 Å². The predicted molar refractivity (Wildman–Crippen MR) is 37.6 cm³/mol. The molecule has 0 aromatic carbocycles. The van der Waals surface area contributed by atoms with E-state index in [0.29, 0.717) is 0 Å². The molecule has 9 heavy (non-hydrogen) atoms. The largest absolute Gasteiger partial charge is 0.306 e. The van der Waals surface area contributed by atoms with Gasteiger partial charge in [-0.1, -0.05) is 12.8 Å². The number of hydrogen-bond donors (Lipinski definition) is 1. The van der Waals surface area contributed by atoms with E-state index in [1.165, 1.54) is 12.8 Å². The van der Waals surface area contributed by atoms with Gasteiger partial charge in [-0.15, -0.1) is 0 Å². The average molecular weight is 148 g/mol. The highest BCUT2D eigenvalue weighted by Crippen LogP contribution is 2.34. The molecule has 0 aliphatic heterocycles. The second-order valence-electron chi connectivity index (χ2n) is 2.77. The van der Waals surface area contributed by atoms with Crippen molar-refractivity contribution in [3.8, 4) is 0 Å². The van der Waals surface area contributed by atoms with E-state index >= 15 is 0 Å². The van der Waals surface area contributed by atoms with Crippen LogP contribution in [0.25, 0.3) is 0 Å². The fraction of sp³-hybridized carbons (Fsp3) is 1.00. The quantitative estimate of drug-likeness (QED) is 0.614. The predicted octanol–water partition coefficient (Wildman–Crippen LogP) is 1.40. The molecular weight excluding hydrogens is 136 g/mol. The molecule has 1 saturated carbocycles. The maximum atomic E-state index is 10.4. The van der Waals surface area contributed by atoms with Crippen LogP contribution in [0.5, 0.6) is 0 Å². The molecule has 1 aliphatic rings. The van der Waals surface area contributed by atoms with E-state index in [-0.39, 0.29) is 5.25 Å². The van der Waals surface area contributed by atoms with Crippen LogP contribution in [0.3, 0.4) is 0 Å². The normalized spacial score (nSPS) is 25.6. The lowest BCUT2D eigenvalue weighted by atomic mass is 10.2. The van der Waals surface area contributed by atoms with E-state index < -0.39 is 11.1 Å². The van der Waals surface area contributed by atoms with Crippen LogP contribution in [0.4, 0.5) is 0 Å². The molecule has 2 nitrogen and oxygen atoms in total. The Morgan fingerprint density at radius 2 is 2.33 bits per heavy atom. The molecule has 0 spiro atoms. The molecule has 0 amide bonds. The van der Waals surface area contributed by atoms with Gasteiger partial charge in [0.1, 0.15) is 0 Å². The van der Waals surface area contributed by atoms with Crippen molar-refractivity contribution in [3.63, 3.8) is 0 Å². The van der Waals surface area contributed by atoms with Crippen molar-refractivity contribution < 1.29 is 8.76 Å². The van der Waals surface area contributed by atoms with Crippen molar-refractivity contribution in [2.75, 3.05) is 0 Å². The van der Waals surface area contributed by atoms with Gasteiger partial charge in [-0.05, 0) is 19.3 Å². The molecule has 1 rings (SSSR count). The first kappa shape index (κ1) is 7.22. The Balaban J connectivity index is 2.16. The van der Waals surface area contributed by atoms with E-state index in [0.717, 1.165) is 12.3 Å². The molecule has 1 N–H and O–H groups in total. The van der Waals surface area contributed by atoms with Crippen LogP contribution in [0.2, 0.25) is 0 Å². The van der Waals surface area contributed by atoms with Crippen LogP contribution in [-0.2, 0) is 11.1 Å². The van der Waals surface area contributed by atoms with Gasteiger partial charge in [0.25, 0.3) is 0 Å². The summed E-state index contributed by atoms with van der Waals surface area (Å²) in [6.45, 7) is 1.83. The number of hydrogen-bond acceptors (Lipinski definition) is 1. The van der Waals surface area contributed by atoms with Gasteiger partial charge < -0.3 is 4.55 Å². The SMILES string of the molecule is CC(CC1CC1)S(=O)O. The summed E-state index contributed by atoms with van der Waals surface area (Å²) in [5.41, 5.74) is 0. The topological polar surface area (TPSA) is 37.3 Å². The van der Waals surface area contributed by atoms with Crippen LogP contribution in [0.15, 0.2) is 0 Å². The maximum absolute atomic E-state index is 10.4. The van der Waals surface area contributed by atoms with Crippen LogP contribution < -0.4 is 0 Å². The molecule has 0 bridgehead atoms. The van der Waals surface area contributed by atoms with Crippen LogP contribution >= 0.6 is 0 Å². The maximum Gasteiger partial charge on any atom is 0.155 e. The van der Waals surface area contributed by atoms with Gasteiger partial charge in [0.15, 0.2) is 11.1 Å². The zero-order valence-corrected chi connectivity index (χ0v) is 6.36. The summed E-state index contributed by atoms with van der Waals surface area (Å²) in [6.07, 6.45) is 3.46. The summed E-state index contributed by atoms with van der Waals surface area (Å²) in [7, 11) is 0. The van der Waals surface area contributed by atoms with E-state index in [2.05, 4.69) is 0 Å². The van der Waals surface area contributed by atoms with Crippen LogP contribution in [-0.4, -0.2) is 14.0 Å². The first-order valence-electron chi connectivity index (χ1n) is 3.30. The molecule has 2 atom stereocenters. The Bertz CT molecular complexity index is 120. The Kier molecular flexibility index (Phi) is 2.24. The van der Waals surface area contributed by atoms with Crippen molar-refractivity contribution in [1.82, 2.24) is 0 Å². The fourth-order valence-corrected chi connectivity index (χ4v) is 1.34. The summed E-state index contributed by atoms with van der Waals surface area (Å²) < 4.78 is 18.9. The van der Waals surface area contributed by atoms with Gasteiger partial charge in [-0.25, -0.2) is 4.21 Å². The van der Waals surface area contributed by atoms with E-state index in [4.69, 9.17) is 4.55 Å². The molecule has 1 fully saturated rings. The lowest BCUT2D eigenvalue weighted by molar-refractivity contribution is 0.539. The lowest BCUT2D eigenvalue weighted by Crippen LogP contribution is -2.09. The second kappa shape index (κ2) is 2.80. The van der Waals surface area contributed by atoms with Crippen molar-refractivity contribution >= 4 is 11.1 Å². The summed E-state index contributed by atoms with van der Waals surface area (Å²) >= 11 is -1.59. The fourth-order valence-electron chi connectivity index (χ4n) is 0.905. The minimum absolute atomic E-state index is 0.0162. The Morgan fingerprint density at radius 1 is 1.78 bits per heavy atom. The minimum Gasteiger partial charge on any atom is -0.306 e. The molecule has 0 aromatic heterocycles. The standard InChI is InChI=1S/C6H12O2S/c1-5(9(7)8)4-6-2-3-6/h5-6H,2-4H2,1H3,(H,7,8). The van der Waals surface area contributed by atoms with Crippen molar-refractivity contribution in [2.45, 2.75) is 31.4 Å². The lowest BCUT2D eigenvalue weighted by Gasteiger charge is -2.02. The number of rotatable bonds is 3. The van der Waals surface area contributed by atoms with Gasteiger partial charge in [-0.2, -0.15) is 0 Å². The highest BCUT2D eigenvalue weighted by atomic mass is 32.2. The molecule has 3 heteroatoms. The van der Waals surface area contributed by atoms with Crippen LogP contribution in [0.1, 0.15) is 26.2 Å². The summed E-state index contributed by atoms with van der Waals surface area (Å²) in [4.78, 5) is 0. The van der Waals surface area contributed by atoms with Gasteiger partial charge >= 0.3 is 0 Å². The highest BCUT2D eigenvalue weighted by Gasteiger charge is 2.25. The van der Waals surface area contributed by atoms with Crippen molar-refractivity contribution in [1.29, 1.82) is 0 Å². The monoisotopic (exact) mass is 148 g/mol. The first-order chi connectivity index (χ1) is 4.20. The van der Waals surface area contributed by atoms with Gasteiger partial charge in [0.05, 0.1) is 5.25 Å². The van der Waals surface area contributed by atoms with Gasteiger partial charge in [-0.3, -0.25) is 0 Å². The molecular formula is C6H12O2S. The Hall–Kier alpha value is 0.110. The Labute approximate surface area is 57.9 Å². The van der Waals surface area contributed by atoms with Gasteiger partial charge in [0, 0.05) is 0 Å². The minimum atomic E-state index is -1.59. The molecule has 0 heterocycles. The molecule has 0 radical (unpaired) electrons. The summed E-state index contributed by atoms with van der Waals surface area (Å²) in [5, 5.41) is -0.0162. The molecule has 2 unspecified atom stereocenters. The van der Waals surface area contributed by atoms with Crippen molar-refractivity contribution in [3.05, 3.63) is 0 Å². The molecule has 0 aromatic rings. The molecule has 1 aliphatic carbocycles. The molecule has 0 saturated heterocycles. The smallest absolute Gasteiger partial charge is 0.155 e. The van der Waals surface area contributed by atoms with E-state index in [1.807, 2.05) is 6.92 Å². The van der Waals surface area contributed by atoms with Crippen molar-refractivity contribution in [2.24, 2.45) is 5.92 Å². The third kappa shape index (κ3) is 2.45.